The van der Waals surface area contributed by atoms with Gasteiger partial charge in [0.25, 0.3) is 0 Å². The minimum absolute atomic E-state index is 0.113. The monoisotopic (exact) mass is 126 g/mol. The van der Waals surface area contributed by atoms with Gasteiger partial charge in [-0.1, -0.05) is 0 Å². The minimum atomic E-state index is 0.113. The van der Waals surface area contributed by atoms with Crippen molar-refractivity contribution in [2.45, 2.75) is 38.6 Å². The fourth-order valence-corrected chi connectivity index (χ4v) is 1.20. The number of amidine groups is 1. The number of hydrogen-bond acceptors (Lipinski definition) is 2. The summed E-state index contributed by atoms with van der Waals surface area (Å²) in [6.07, 6.45) is 3.36. The van der Waals surface area contributed by atoms with Crippen molar-refractivity contribution in [3.05, 3.63) is 0 Å². The van der Waals surface area contributed by atoms with Crippen LogP contribution in [0.15, 0.2) is 4.99 Å². The first-order valence-corrected chi connectivity index (χ1v) is 3.44. The van der Waals surface area contributed by atoms with Crippen LogP contribution in [0.1, 0.15) is 33.1 Å². The number of hydrogen-bond donors (Lipinski definition) is 1. The normalized spacial score (nSPS) is 25.3. The molecular formula is C7H14N2. The van der Waals surface area contributed by atoms with Crippen LogP contribution in [0.4, 0.5) is 0 Å². The number of rotatable bonds is 0. The average Bonchev–Trinajstić information content (AvgIpc) is 1.60. The van der Waals surface area contributed by atoms with E-state index in [0.717, 1.165) is 12.3 Å². The maximum atomic E-state index is 5.56. The molecule has 1 rings (SSSR count). The molecule has 0 saturated heterocycles. The third-order valence-electron chi connectivity index (χ3n) is 1.67. The maximum absolute atomic E-state index is 5.56. The van der Waals surface area contributed by atoms with Gasteiger partial charge >= 0.3 is 0 Å². The number of aliphatic imine (C=N–C) groups is 1. The van der Waals surface area contributed by atoms with Crippen molar-refractivity contribution in [1.29, 1.82) is 0 Å². The number of nitrogens with two attached hydrogens (primary N) is 1. The minimum Gasteiger partial charge on any atom is -0.387 e. The Balaban J connectivity index is 2.68. The fraction of sp³-hybridized carbons (Fsp3) is 0.857. The molecule has 0 atom stereocenters. The lowest BCUT2D eigenvalue weighted by atomic mass is 9.95. The summed E-state index contributed by atoms with van der Waals surface area (Å²) < 4.78 is 0. The molecule has 52 valence electrons. The molecule has 0 saturated carbocycles. The standard InChI is InChI=1S/C7H14N2/c1-7(2)5-3-4-6(8)9-7/h3-5H2,1-2H3,(H2,8,9). The zero-order chi connectivity index (χ0) is 6.91. The second-order valence-electron chi connectivity index (χ2n) is 3.27. The van der Waals surface area contributed by atoms with Gasteiger partial charge in [-0.15, -0.1) is 0 Å². The van der Waals surface area contributed by atoms with Gasteiger partial charge < -0.3 is 5.73 Å². The smallest absolute Gasteiger partial charge is 0.0943 e. The second kappa shape index (κ2) is 2.01. The molecule has 0 fully saturated rings. The molecule has 0 radical (unpaired) electrons. The van der Waals surface area contributed by atoms with Gasteiger partial charge in [0.05, 0.1) is 11.4 Å². The molecule has 0 aromatic carbocycles. The van der Waals surface area contributed by atoms with E-state index >= 15 is 0 Å². The molecule has 0 spiro atoms. The molecule has 0 bridgehead atoms. The van der Waals surface area contributed by atoms with E-state index in [9.17, 15) is 0 Å². The van der Waals surface area contributed by atoms with Crippen LogP contribution < -0.4 is 5.73 Å². The van der Waals surface area contributed by atoms with Crippen LogP contribution >= 0.6 is 0 Å². The van der Waals surface area contributed by atoms with Crippen molar-refractivity contribution in [1.82, 2.24) is 0 Å². The lowest BCUT2D eigenvalue weighted by Gasteiger charge is -2.24. The van der Waals surface area contributed by atoms with Crippen LogP contribution in [0.25, 0.3) is 0 Å². The van der Waals surface area contributed by atoms with Gasteiger partial charge in [-0.05, 0) is 26.7 Å². The van der Waals surface area contributed by atoms with Gasteiger partial charge in [-0.3, -0.25) is 4.99 Å². The summed E-state index contributed by atoms with van der Waals surface area (Å²) >= 11 is 0. The third-order valence-corrected chi connectivity index (χ3v) is 1.67. The van der Waals surface area contributed by atoms with Gasteiger partial charge in [0.2, 0.25) is 0 Å². The van der Waals surface area contributed by atoms with Crippen molar-refractivity contribution >= 4 is 5.84 Å². The molecule has 1 aliphatic rings. The Morgan fingerprint density at radius 2 is 2.22 bits per heavy atom. The molecule has 0 amide bonds. The molecule has 0 aromatic heterocycles. The van der Waals surface area contributed by atoms with E-state index in [4.69, 9.17) is 5.73 Å². The van der Waals surface area contributed by atoms with Crippen LogP contribution in [0.3, 0.4) is 0 Å². The van der Waals surface area contributed by atoms with E-state index in [1.165, 1.54) is 12.8 Å². The van der Waals surface area contributed by atoms with E-state index in [2.05, 4.69) is 18.8 Å². The highest BCUT2D eigenvalue weighted by molar-refractivity contribution is 5.81. The topological polar surface area (TPSA) is 38.4 Å². The van der Waals surface area contributed by atoms with Crippen LogP contribution in [0.2, 0.25) is 0 Å². The Hall–Kier alpha value is -0.530. The Morgan fingerprint density at radius 1 is 1.56 bits per heavy atom. The summed E-state index contributed by atoms with van der Waals surface area (Å²) in [7, 11) is 0. The Bertz CT molecular complexity index is 136. The van der Waals surface area contributed by atoms with Crippen molar-refractivity contribution in [2.75, 3.05) is 0 Å². The molecule has 9 heavy (non-hydrogen) atoms. The van der Waals surface area contributed by atoms with Crippen LogP contribution in [0.5, 0.6) is 0 Å². The Kier molecular flexibility index (Phi) is 1.47. The van der Waals surface area contributed by atoms with Crippen molar-refractivity contribution < 1.29 is 0 Å². The number of nitrogens with zero attached hydrogens (tertiary/aromatic N) is 1. The molecule has 2 N–H and O–H groups in total. The maximum Gasteiger partial charge on any atom is 0.0943 e. The second-order valence-corrected chi connectivity index (χ2v) is 3.27. The zero-order valence-corrected chi connectivity index (χ0v) is 6.15. The summed E-state index contributed by atoms with van der Waals surface area (Å²) in [5.41, 5.74) is 5.67. The highest BCUT2D eigenvalue weighted by atomic mass is 14.9. The summed E-state index contributed by atoms with van der Waals surface area (Å²) in [6.45, 7) is 4.25. The first-order chi connectivity index (χ1) is 4.10. The molecule has 1 heterocycles. The van der Waals surface area contributed by atoms with Gasteiger partial charge in [0, 0.05) is 6.42 Å². The summed E-state index contributed by atoms with van der Waals surface area (Å²) in [6, 6.07) is 0. The largest absolute Gasteiger partial charge is 0.387 e. The molecule has 2 nitrogen and oxygen atoms in total. The Morgan fingerprint density at radius 3 is 2.56 bits per heavy atom. The molecule has 0 unspecified atom stereocenters. The predicted octanol–water partition coefficient (Wildman–Crippen LogP) is 1.31. The van der Waals surface area contributed by atoms with E-state index in [-0.39, 0.29) is 5.54 Å². The fourth-order valence-electron chi connectivity index (χ4n) is 1.20. The highest BCUT2D eigenvalue weighted by Gasteiger charge is 2.19. The third kappa shape index (κ3) is 1.70. The summed E-state index contributed by atoms with van der Waals surface area (Å²) in [5.74, 6) is 0.825. The van der Waals surface area contributed by atoms with E-state index in [1.54, 1.807) is 0 Å². The lowest BCUT2D eigenvalue weighted by molar-refractivity contribution is 0.446. The first-order valence-electron chi connectivity index (χ1n) is 3.44. The van der Waals surface area contributed by atoms with E-state index in [0.29, 0.717) is 0 Å². The zero-order valence-electron chi connectivity index (χ0n) is 6.15. The van der Waals surface area contributed by atoms with E-state index in [1.807, 2.05) is 0 Å². The van der Waals surface area contributed by atoms with Gasteiger partial charge in [0.15, 0.2) is 0 Å². The van der Waals surface area contributed by atoms with Crippen LogP contribution in [-0.2, 0) is 0 Å². The molecule has 0 aromatic rings. The Labute approximate surface area is 56.2 Å². The van der Waals surface area contributed by atoms with Gasteiger partial charge in [-0.2, -0.15) is 0 Å². The van der Waals surface area contributed by atoms with Gasteiger partial charge in [0.1, 0.15) is 0 Å². The first kappa shape index (κ1) is 6.59. The van der Waals surface area contributed by atoms with Crippen LogP contribution in [-0.4, -0.2) is 11.4 Å². The molecule has 0 aliphatic carbocycles. The molecule has 1 aliphatic heterocycles. The quantitative estimate of drug-likeness (QED) is 0.522. The molecular weight excluding hydrogens is 112 g/mol. The van der Waals surface area contributed by atoms with Crippen molar-refractivity contribution in [3.63, 3.8) is 0 Å². The lowest BCUT2D eigenvalue weighted by Crippen LogP contribution is -2.28. The van der Waals surface area contributed by atoms with Crippen LogP contribution in [0, 0.1) is 0 Å². The van der Waals surface area contributed by atoms with Gasteiger partial charge in [-0.25, -0.2) is 0 Å². The summed E-state index contributed by atoms with van der Waals surface area (Å²) in [4.78, 5) is 4.31. The highest BCUT2D eigenvalue weighted by Crippen LogP contribution is 2.21. The predicted molar refractivity (Wildman–Crippen MR) is 39.6 cm³/mol. The molecule has 2 heteroatoms. The van der Waals surface area contributed by atoms with E-state index < -0.39 is 0 Å². The summed E-state index contributed by atoms with van der Waals surface area (Å²) in [5, 5.41) is 0. The van der Waals surface area contributed by atoms with Crippen molar-refractivity contribution in [2.24, 2.45) is 10.7 Å². The van der Waals surface area contributed by atoms with Crippen molar-refractivity contribution in [3.8, 4) is 0 Å². The SMILES string of the molecule is CC1(C)CCCC(N)=N1. The average molecular weight is 126 g/mol.